The molecule has 0 radical (unpaired) electrons. The number of hydrogen-bond acceptors (Lipinski definition) is 7. The van der Waals surface area contributed by atoms with E-state index in [9.17, 15) is 14.7 Å². The summed E-state index contributed by atoms with van der Waals surface area (Å²) < 4.78 is 11.9. The molecule has 1 aromatic rings. The van der Waals surface area contributed by atoms with E-state index in [0.717, 1.165) is 31.5 Å². The fourth-order valence-corrected chi connectivity index (χ4v) is 3.46. The topological polar surface area (TPSA) is 135 Å². The predicted octanol–water partition coefficient (Wildman–Crippen LogP) is -0.622. The van der Waals surface area contributed by atoms with E-state index in [4.69, 9.17) is 15.2 Å². The number of hydrogen-bond donors (Lipinski definition) is 5. The predicted molar refractivity (Wildman–Crippen MR) is 106 cm³/mol. The fraction of sp³-hybridized carbons (Fsp3) is 0.600. The minimum Gasteiger partial charge on any atom is -0.508 e. The third-order valence-corrected chi connectivity index (χ3v) is 5.23. The second kappa shape index (κ2) is 9.53. The van der Waals surface area contributed by atoms with Crippen LogP contribution in [0.4, 0.5) is 0 Å². The summed E-state index contributed by atoms with van der Waals surface area (Å²) in [6.07, 6.45) is 1.83. The van der Waals surface area contributed by atoms with Gasteiger partial charge in [-0.3, -0.25) is 9.59 Å². The van der Waals surface area contributed by atoms with Crippen LogP contribution in [0.5, 0.6) is 5.75 Å². The van der Waals surface area contributed by atoms with E-state index in [-0.39, 0.29) is 24.1 Å². The van der Waals surface area contributed by atoms with Crippen molar-refractivity contribution in [2.45, 2.75) is 50.1 Å². The molecule has 1 spiro atoms. The van der Waals surface area contributed by atoms with E-state index in [1.807, 2.05) is 0 Å². The van der Waals surface area contributed by atoms with Gasteiger partial charge < -0.3 is 36.3 Å². The van der Waals surface area contributed by atoms with Crippen molar-refractivity contribution in [3.05, 3.63) is 29.8 Å². The van der Waals surface area contributed by atoms with E-state index in [1.54, 1.807) is 31.2 Å². The van der Waals surface area contributed by atoms with Gasteiger partial charge in [0.15, 0.2) is 5.79 Å². The Morgan fingerprint density at radius 3 is 2.41 bits per heavy atom. The first-order chi connectivity index (χ1) is 13.9. The first kappa shape index (κ1) is 21.5. The average molecular weight is 406 g/mol. The molecule has 0 aromatic heterocycles. The summed E-state index contributed by atoms with van der Waals surface area (Å²) in [4.78, 5) is 25.0. The van der Waals surface area contributed by atoms with E-state index in [0.29, 0.717) is 13.2 Å². The molecule has 2 unspecified atom stereocenters. The molecule has 1 aromatic carbocycles. The normalized spacial score (nSPS) is 21.3. The van der Waals surface area contributed by atoms with E-state index in [1.165, 1.54) is 0 Å². The maximum Gasteiger partial charge on any atom is 0.243 e. The molecule has 0 saturated carbocycles. The van der Waals surface area contributed by atoms with Crippen LogP contribution in [0.15, 0.2) is 24.3 Å². The highest BCUT2D eigenvalue weighted by Gasteiger charge is 2.39. The van der Waals surface area contributed by atoms with Gasteiger partial charge in [-0.1, -0.05) is 12.1 Å². The van der Waals surface area contributed by atoms with Crippen LogP contribution < -0.4 is 21.7 Å². The lowest BCUT2D eigenvalue weighted by molar-refractivity contribution is -0.283. The maximum atomic E-state index is 12.9. The third-order valence-electron chi connectivity index (χ3n) is 5.23. The zero-order chi connectivity index (χ0) is 20.9. The Kier molecular flexibility index (Phi) is 7.07. The number of rotatable bonds is 6. The van der Waals surface area contributed by atoms with Crippen molar-refractivity contribution in [2.24, 2.45) is 5.73 Å². The Bertz CT molecular complexity index is 693. The molecule has 9 nitrogen and oxygen atoms in total. The smallest absolute Gasteiger partial charge is 0.243 e. The number of carbonyl (C=O) groups excluding carboxylic acids is 2. The van der Waals surface area contributed by atoms with Crippen molar-refractivity contribution in [1.29, 1.82) is 0 Å². The van der Waals surface area contributed by atoms with Crippen molar-refractivity contribution in [3.8, 4) is 5.75 Å². The van der Waals surface area contributed by atoms with Gasteiger partial charge in [-0.15, -0.1) is 0 Å². The van der Waals surface area contributed by atoms with Crippen molar-refractivity contribution < 1.29 is 24.2 Å². The Labute approximate surface area is 170 Å². The van der Waals surface area contributed by atoms with Gasteiger partial charge in [0.1, 0.15) is 11.8 Å². The quantitative estimate of drug-likeness (QED) is 0.425. The van der Waals surface area contributed by atoms with Gasteiger partial charge in [0, 0.05) is 32.4 Å². The van der Waals surface area contributed by atoms with Gasteiger partial charge in [-0.2, -0.15) is 0 Å². The fourth-order valence-electron chi connectivity index (χ4n) is 3.46. The highest BCUT2D eigenvalue weighted by molar-refractivity contribution is 5.89. The van der Waals surface area contributed by atoms with Gasteiger partial charge in [0.05, 0.1) is 25.3 Å². The number of benzene rings is 1. The molecule has 160 valence electrons. The molecule has 2 fully saturated rings. The summed E-state index contributed by atoms with van der Waals surface area (Å²) in [6.45, 7) is 3.97. The summed E-state index contributed by atoms with van der Waals surface area (Å²) in [5.41, 5.74) is 6.44. The molecule has 0 aliphatic carbocycles. The van der Waals surface area contributed by atoms with Crippen LogP contribution in [0.1, 0.15) is 25.3 Å². The van der Waals surface area contributed by atoms with Crippen LogP contribution in [-0.2, 0) is 25.5 Å². The number of phenolic OH excluding ortho intramolecular Hbond substituents is 1. The molecule has 3 rings (SSSR count). The average Bonchev–Trinajstić information content (AvgIpc) is 2.71. The first-order valence-corrected chi connectivity index (χ1v) is 10.00. The molecule has 2 aliphatic rings. The number of aromatic hydroxyl groups is 1. The van der Waals surface area contributed by atoms with E-state index < -0.39 is 23.8 Å². The maximum absolute atomic E-state index is 12.9. The molecule has 9 heteroatoms. The van der Waals surface area contributed by atoms with Crippen LogP contribution in [-0.4, -0.2) is 67.1 Å². The number of nitrogens with one attached hydrogen (secondary N) is 3. The number of phenols is 1. The molecule has 2 aliphatic heterocycles. The first-order valence-electron chi connectivity index (χ1n) is 10.00. The number of carbonyl (C=O) groups is 2. The lowest BCUT2D eigenvalue weighted by Crippen LogP contribution is -2.59. The van der Waals surface area contributed by atoms with Gasteiger partial charge in [-0.25, -0.2) is 0 Å². The monoisotopic (exact) mass is 406 g/mol. The Morgan fingerprint density at radius 2 is 1.83 bits per heavy atom. The molecule has 2 heterocycles. The lowest BCUT2D eigenvalue weighted by Gasteiger charge is -2.42. The molecule has 2 saturated heterocycles. The zero-order valence-corrected chi connectivity index (χ0v) is 16.6. The van der Waals surface area contributed by atoms with Gasteiger partial charge in [0.25, 0.3) is 0 Å². The Hall–Kier alpha value is -2.20. The van der Waals surface area contributed by atoms with Crippen LogP contribution in [0.3, 0.4) is 0 Å². The van der Waals surface area contributed by atoms with Crippen molar-refractivity contribution in [3.63, 3.8) is 0 Å². The number of nitrogens with two attached hydrogens (primary N) is 1. The minimum absolute atomic E-state index is 0.137. The highest BCUT2D eigenvalue weighted by Crippen LogP contribution is 2.28. The van der Waals surface area contributed by atoms with Crippen molar-refractivity contribution in [1.82, 2.24) is 16.0 Å². The molecule has 2 amide bonds. The van der Waals surface area contributed by atoms with Gasteiger partial charge in [0.2, 0.25) is 11.8 Å². The summed E-state index contributed by atoms with van der Waals surface area (Å²) in [5, 5.41) is 18.3. The molecular formula is C20H30N4O5. The second-order valence-electron chi connectivity index (χ2n) is 7.71. The molecule has 0 bridgehead atoms. The third kappa shape index (κ3) is 5.89. The standard InChI is InChI=1S/C20H30N4O5/c1-13(21)18(26)24-17(10-14-2-4-16(25)5-3-14)19(27)23-15-11-28-20(29-12-15)6-8-22-9-7-20/h2-5,13,15,17,22,25H,6-12,21H2,1H3,(H,23,27)(H,24,26). The summed E-state index contributed by atoms with van der Waals surface area (Å²) in [6, 6.07) is 4.68. The SMILES string of the molecule is CC(N)C(=O)NC(Cc1ccc(O)cc1)C(=O)NC1COC2(CCNCC2)OC1. The lowest BCUT2D eigenvalue weighted by atomic mass is 10.0. The van der Waals surface area contributed by atoms with Gasteiger partial charge in [-0.05, 0) is 24.6 Å². The molecule has 6 N–H and O–H groups in total. The summed E-state index contributed by atoms with van der Waals surface area (Å²) in [5.74, 6) is -1.15. The Morgan fingerprint density at radius 1 is 1.21 bits per heavy atom. The van der Waals surface area contributed by atoms with Crippen molar-refractivity contribution in [2.75, 3.05) is 26.3 Å². The molecular weight excluding hydrogens is 376 g/mol. The Balaban J connectivity index is 1.59. The minimum atomic E-state index is -0.798. The molecule has 29 heavy (non-hydrogen) atoms. The summed E-state index contributed by atoms with van der Waals surface area (Å²) >= 11 is 0. The van der Waals surface area contributed by atoms with Crippen LogP contribution in [0.2, 0.25) is 0 Å². The van der Waals surface area contributed by atoms with Gasteiger partial charge >= 0.3 is 0 Å². The zero-order valence-electron chi connectivity index (χ0n) is 16.6. The number of ether oxygens (including phenoxy) is 2. The van der Waals surface area contributed by atoms with Crippen LogP contribution in [0, 0.1) is 0 Å². The number of piperidine rings is 1. The van der Waals surface area contributed by atoms with Crippen LogP contribution in [0.25, 0.3) is 0 Å². The van der Waals surface area contributed by atoms with Crippen LogP contribution >= 0.6 is 0 Å². The largest absolute Gasteiger partial charge is 0.508 e. The van der Waals surface area contributed by atoms with E-state index in [2.05, 4.69) is 16.0 Å². The second-order valence-corrected chi connectivity index (χ2v) is 7.71. The highest BCUT2D eigenvalue weighted by atomic mass is 16.7. The van der Waals surface area contributed by atoms with Crippen molar-refractivity contribution >= 4 is 11.8 Å². The number of amides is 2. The van der Waals surface area contributed by atoms with E-state index >= 15 is 0 Å². The molecule has 2 atom stereocenters. The summed E-state index contributed by atoms with van der Waals surface area (Å²) in [7, 11) is 0.